The van der Waals surface area contributed by atoms with Crippen LogP contribution in [0.25, 0.3) is 21.7 Å². The van der Waals surface area contributed by atoms with Gasteiger partial charge in [0.05, 0.1) is 5.39 Å². The minimum Gasteiger partial charge on any atom is -0.463 e. The van der Waals surface area contributed by atoms with Gasteiger partial charge in [-0.05, 0) is 23.6 Å². The molecule has 1 aliphatic rings. The zero-order valence-electron chi connectivity index (χ0n) is 21.5. The number of fused-ring (bicyclic) bond motifs is 3. The van der Waals surface area contributed by atoms with E-state index in [1.54, 1.807) is 36.4 Å². The average molecular weight is 542 g/mol. The fraction of sp³-hybridized carbons (Fsp3) is 0.370. The number of carbonyl (C=O) groups excluding carboxylic acids is 4. The van der Waals surface area contributed by atoms with E-state index >= 15 is 0 Å². The maximum Gasteiger partial charge on any atom is 0.344 e. The number of hydrogen-bond acceptors (Lipinski definition) is 12. The molecule has 1 saturated heterocycles. The van der Waals surface area contributed by atoms with E-state index in [4.69, 9.17) is 32.8 Å². The van der Waals surface area contributed by atoms with Crippen LogP contribution in [-0.2, 0) is 42.9 Å². The van der Waals surface area contributed by atoms with Gasteiger partial charge in [-0.25, -0.2) is 4.79 Å². The Morgan fingerprint density at radius 3 is 2.00 bits per heavy atom. The molecular weight excluding hydrogens is 516 g/mol. The highest BCUT2D eigenvalue weighted by molar-refractivity contribution is 6.04. The highest BCUT2D eigenvalue weighted by Gasteiger charge is 2.53. The van der Waals surface area contributed by atoms with Crippen molar-refractivity contribution < 1.29 is 52.0 Å². The molecule has 2 heterocycles. The lowest BCUT2D eigenvalue weighted by Crippen LogP contribution is -2.63. The largest absolute Gasteiger partial charge is 0.463 e. The van der Waals surface area contributed by atoms with E-state index in [0.29, 0.717) is 16.2 Å². The second kappa shape index (κ2) is 11.5. The lowest BCUT2D eigenvalue weighted by Gasteiger charge is -2.43. The highest BCUT2D eigenvalue weighted by atomic mass is 16.7. The summed E-state index contributed by atoms with van der Waals surface area (Å²) in [4.78, 5) is 59.8. The number of hydrogen-bond donors (Lipinski definition) is 0. The van der Waals surface area contributed by atoms with Crippen molar-refractivity contribution in [2.24, 2.45) is 0 Å². The normalized spacial score (nSPS) is 22.6. The molecule has 1 aliphatic heterocycles. The molecule has 0 radical (unpaired) electrons. The van der Waals surface area contributed by atoms with E-state index in [2.05, 4.69) is 0 Å². The van der Waals surface area contributed by atoms with Crippen LogP contribution < -0.4 is 10.4 Å². The zero-order valence-corrected chi connectivity index (χ0v) is 21.5. The Balaban J connectivity index is 1.74. The first-order chi connectivity index (χ1) is 18.5. The maximum atomic E-state index is 12.5. The Morgan fingerprint density at radius 1 is 0.744 bits per heavy atom. The lowest BCUT2D eigenvalue weighted by atomic mass is 9.98. The first kappa shape index (κ1) is 27.6. The molecular formula is C27H26O12. The van der Waals surface area contributed by atoms with Crippen LogP contribution in [-0.4, -0.2) is 61.2 Å². The van der Waals surface area contributed by atoms with Crippen LogP contribution in [0.5, 0.6) is 5.75 Å². The molecule has 0 unspecified atom stereocenters. The maximum absolute atomic E-state index is 12.5. The van der Waals surface area contributed by atoms with Crippen LogP contribution in [0.15, 0.2) is 51.7 Å². The number of rotatable bonds is 7. The molecule has 2 aromatic carbocycles. The standard InChI is InChI=1S/C27H26O12/c1-13(28)33-12-22-23(34-14(2)29)24(35-15(3)30)25(36-16(4)31)27(39-22)37-17-9-10-19-18-7-5-6-8-20(18)26(32)38-21(19)11-17/h5-11,22-25,27H,12H2,1-4H3/t22-,23-,24+,25-,27-/m1/s1. The summed E-state index contributed by atoms with van der Waals surface area (Å²) in [6, 6.07) is 11.7. The van der Waals surface area contributed by atoms with Gasteiger partial charge in [-0.2, -0.15) is 0 Å². The molecule has 12 heteroatoms. The molecule has 1 aromatic heterocycles. The predicted octanol–water partition coefficient (Wildman–Crippen LogP) is 2.41. The van der Waals surface area contributed by atoms with Gasteiger partial charge in [0.15, 0.2) is 12.2 Å². The molecule has 39 heavy (non-hydrogen) atoms. The lowest BCUT2D eigenvalue weighted by molar-refractivity contribution is -0.288. The molecule has 0 spiro atoms. The molecule has 5 atom stereocenters. The minimum atomic E-state index is -1.42. The molecule has 12 nitrogen and oxygen atoms in total. The number of ether oxygens (including phenoxy) is 6. The first-order valence-corrected chi connectivity index (χ1v) is 12.0. The number of esters is 4. The summed E-state index contributed by atoms with van der Waals surface area (Å²) in [5.41, 5.74) is -0.315. The van der Waals surface area contributed by atoms with Crippen molar-refractivity contribution in [3.8, 4) is 5.75 Å². The Labute approximate surface area is 221 Å². The fourth-order valence-electron chi connectivity index (χ4n) is 4.35. The molecule has 206 valence electrons. The first-order valence-electron chi connectivity index (χ1n) is 12.0. The molecule has 0 saturated carbocycles. The van der Waals surface area contributed by atoms with Crippen LogP contribution in [0.2, 0.25) is 0 Å². The Hall–Kier alpha value is -4.45. The second-order valence-electron chi connectivity index (χ2n) is 8.78. The van der Waals surface area contributed by atoms with Crippen molar-refractivity contribution in [1.82, 2.24) is 0 Å². The van der Waals surface area contributed by atoms with Crippen LogP contribution in [0.3, 0.4) is 0 Å². The summed E-state index contributed by atoms with van der Waals surface area (Å²) < 4.78 is 38.6. The van der Waals surface area contributed by atoms with Gasteiger partial charge < -0.3 is 32.8 Å². The van der Waals surface area contributed by atoms with Crippen molar-refractivity contribution in [2.45, 2.75) is 58.4 Å². The topological polar surface area (TPSA) is 154 Å². The number of benzene rings is 2. The van der Waals surface area contributed by atoms with Gasteiger partial charge in [0, 0.05) is 39.1 Å². The monoisotopic (exact) mass is 542 g/mol. The predicted molar refractivity (Wildman–Crippen MR) is 133 cm³/mol. The minimum absolute atomic E-state index is 0.154. The Morgan fingerprint density at radius 2 is 1.36 bits per heavy atom. The van der Waals surface area contributed by atoms with Crippen LogP contribution >= 0.6 is 0 Å². The van der Waals surface area contributed by atoms with E-state index in [1.165, 1.54) is 13.0 Å². The van der Waals surface area contributed by atoms with Gasteiger partial charge in [0.1, 0.15) is 24.0 Å². The van der Waals surface area contributed by atoms with Crippen molar-refractivity contribution in [3.63, 3.8) is 0 Å². The highest BCUT2D eigenvalue weighted by Crippen LogP contribution is 2.32. The molecule has 1 fully saturated rings. The SMILES string of the molecule is CC(=O)OC[C@H]1O[C@@H](Oc2ccc3c(c2)oc(=O)c2ccccc23)[C@H](OC(C)=O)[C@@H](OC(C)=O)[C@@H]1OC(C)=O. The summed E-state index contributed by atoms with van der Waals surface area (Å²) >= 11 is 0. The Kier molecular flexibility index (Phi) is 8.15. The molecule has 0 N–H and O–H groups in total. The van der Waals surface area contributed by atoms with Gasteiger partial charge in [-0.1, -0.05) is 18.2 Å². The van der Waals surface area contributed by atoms with Gasteiger partial charge in [-0.3, -0.25) is 19.2 Å². The van der Waals surface area contributed by atoms with E-state index in [9.17, 15) is 24.0 Å². The Bertz CT molecular complexity index is 1470. The van der Waals surface area contributed by atoms with Gasteiger partial charge in [0.25, 0.3) is 0 Å². The quantitative estimate of drug-likeness (QED) is 0.186. The van der Waals surface area contributed by atoms with E-state index in [0.717, 1.165) is 20.8 Å². The summed E-state index contributed by atoms with van der Waals surface area (Å²) in [5, 5.41) is 1.75. The van der Waals surface area contributed by atoms with Gasteiger partial charge in [-0.15, -0.1) is 0 Å². The van der Waals surface area contributed by atoms with Crippen molar-refractivity contribution >= 4 is 45.6 Å². The van der Waals surface area contributed by atoms with E-state index < -0.39 is 66.8 Å². The molecule has 0 bridgehead atoms. The molecule has 3 aromatic rings. The molecule has 4 rings (SSSR count). The number of carbonyl (C=O) groups is 4. The average Bonchev–Trinajstić information content (AvgIpc) is 2.85. The van der Waals surface area contributed by atoms with Crippen molar-refractivity contribution in [2.75, 3.05) is 6.61 Å². The van der Waals surface area contributed by atoms with Gasteiger partial charge >= 0.3 is 29.5 Å². The van der Waals surface area contributed by atoms with Crippen LogP contribution in [0.1, 0.15) is 27.7 Å². The smallest absolute Gasteiger partial charge is 0.344 e. The third kappa shape index (κ3) is 6.34. The summed E-state index contributed by atoms with van der Waals surface area (Å²) in [5.74, 6) is -2.75. The van der Waals surface area contributed by atoms with E-state index in [-0.39, 0.29) is 11.3 Å². The van der Waals surface area contributed by atoms with Crippen LogP contribution in [0, 0.1) is 0 Å². The van der Waals surface area contributed by atoms with Gasteiger partial charge in [0.2, 0.25) is 12.4 Å². The van der Waals surface area contributed by atoms with Crippen molar-refractivity contribution in [1.29, 1.82) is 0 Å². The molecule has 0 amide bonds. The fourth-order valence-corrected chi connectivity index (χ4v) is 4.35. The molecule has 0 aliphatic carbocycles. The summed E-state index contributed by atoms with van der Waals surface area (Å²) in [6.07, 6.45) is -6.67. The summed E-state index contributed by atoms with van der Waals surface area (Å²) in [7, 11) is 0. The third-order valence-corrected chi connectivity index (χ3v) is 5.79. The zero-order chi connectivity index (χ0) is 28.3. The second-order valence-corrected chi connectivity index (χ2v) is 8.78. The van der Waals surface area contributed by atoms with Crippen molar-refractivity contribution in [3.05, 3.63) is 52.9 Å². The third-order valence-electron chi connectivity index (χ3n) is 5.79. The summed E-state index contributed by atoms with van der Waals surface area (Å²) in [6.45, 7) is 4.16. The van der Waals surface area contributed by atoms with E-state index in [1.807, 2.05) is 0 Å². The van der Waals surface area contributed by atoms with Crippen LogP contribution in [0.4, 0.5) is 0 Å².